The summed E-state index contributed by atoms with van der Waals surface area (Å²) >= 11 is 0. The molecule has 4 atom stereocenters. The van der Waals surface area contributed by atoms with Crippen LogP contribution in [0.15, 0.2) is 24.8 Å². The number of carboxylic acids is 1. The second-order valence-electron chi connectivity index (χ2n) is 4.71. The van der Waals surface area contributed by atoms with Gasteiger partial charge in [-0.15, -0.1) is 6.58 Å². The Morgan fingerprint density at radius 3 is 2.59 bits per heavy atom. The summed E-state index contributed by atoms with van der Waals surface area (Å²) in [6, 6.07) is 0. The van der Waals surface area contributed by atoms with Crippen LogP contribution in [-0.4, -0.2) is 23.5 Å². The van der Waals surface area contributed by atoms with Gasteiger partial charge in [-0.05, 0) is 24.7 Å². The van der Waals surface area contributed by atoms with E-state index in [4.69, 9.17) is 0 Å². The van der Waals surface area contributed by atoms with Gasteiger partial charge in [-0.1, -0.05) is 18.2 Å². The SMILES string of the molecule is C=CCCNC(=O)C1C2C=CC(C2)C1C(=O)O. The van der Waals surface area contributed by atoms with Crippen LogP contribution in [0.2, 0.25) is 0 Å². The van der Waals surface area contributed by atoms with Crippen LogP contribution in [0.5, 0.6) is 0 Å². The van der Waals surface area contributed by atoms with Crippen molar-refractivity contribution >= 4 is 11.9 Å². The molecule has 0 aromatic rings. The molecule has 0 aromatic carbocycles. The minimum Gasteiger partial charge on any atom is -0.481 e. The third-order valence-corrected chi connectivity index (χ3v) is 3.69. The van der Waals surface area contributed by atoms with Gasteiger partial charge >= 0.3 is 5.97 Å². The van der Waals surface area contributed by atoms with E-state index in [0.29, 0.717) is 13.0 Å². The topological polar surface area (TPSA) is 66.4 Å². The molecule has 1 saturated carbocycles. The van der Waals surface area contributed by atoms with Crippen molar-refractivity contribution in [1.82, 2.24) is 5.32 Å². The van der Waals surface area contributed by atoms with Crippen LogP contribution in [-0.2, 0) is 9.59 Å². The first kappa shape index (κ1) is 11.9. The highest BCUT2D eigenvalue weighted by Gasteiger charge is 2.51. The van der Waals surface area contributed by atoms with Gasteiger partial charge in [-0.2, -0.15) is 0 Å². The molecule has 2 aliphatic rings. The van der Waals surface area contributed by atoms with Crippen LogP contribution in [0.4, 0.5) is 0 Å². The van der Waals surface area contributed by atoms with Crippen molar-refractivity contribution in [3.63, 3.8) is 0 Å². The maximum absolute atomic E-state index is 12.0. The zero-order valence-electron chi connectivity index (χ0n) is 9.63. The lowest BCUT2D eigenvalue weighted by atomic mass is 9.82. The molecule has 4 unspecified atom stereocenters. The zero-order valence-corrected chi connectivity index (χ0v) is 9.63. The average molecular weight is 235 g/mol. The first-order valence-electron chi connectivity index (χ1n) is 5.95. The first-order valence-corrected chi connectivity index (χ1v) is 5.95. The summed E-state index contributed by atoms with van der Waals surface area (Å²) in [5.41, 5.74) is 0. The van der Waals surface area contributed by atoms with E-state index in [9.17, 15) is 14.7 Å². The normalized spacial score (nSPS) is 33.6. The van der Waals surface area contributed by atoms with Crippen LogP contribution in [0.25, 0.3) is 0 Å². The molecular formula is C13H17NO3. The number of amides is 1. The number of hydrogen-bond donors (Lipinski definition) is 2. The van der Waals surface area contributed by atoms with Gasteiger partial charge in [0.25, 0.3) is 0 Å². The molecule has 2 rings (SSSR count). The van der Waals surface area contributed by atoms with Crippen molar-refractivity contribution in [3.8, 4) is 0 Å². The fourth-order valence-corrected chi connectivity index (χ4v) is 2.93. The maximum atomic E-state index is 12.0. The second kappa shape index (κ2) is 4.73. The summed E-state index contributed by atoms with van der Waals surface area (Å²) in [5.74, 6) is -1.79. The monoisotopic (exact) mass is 235 g/mol. The summed E-state index contributed by atoms with van der Waals surface area (Å²) in [6.45, 7) is 4.11. The fraction of sp³-hybridized carbons (Fsp3) is 0.538. The molecule has 2 bridgehead atoms. The van der Waals surface area contributed by atoms with Crippen LogP contribution in [0, 0.1) is 23.7 Å². The van der Waals surface area contributed by atoms with Gasteiger partial charge in [0.05, 0.1) is 11.8 Å². The van der Waals surface area contributed by atoms with Gasteiger partial charge in [0.15, 0.2) is 0 Å². The molecule has 2 N–H and O–H groups in total. The first-order chi connectivity index (χ1) is 8.15. The number of aliphatic carboxylic acids is 1. The highest BCUT2D eigenvalue weighted by molar-refractivity contribution is 5.86. The van der Waals surface area contributed by atoms with E-state index in [1.165, 1.54) is 0 Å². The average Bonchev–Trinajstić information content (AvgIpc) is 2.88. The Morgan fingerprint density at radius 2 is 2.00 bits per heavy atom. The summed E-state index contributed by atoms with van der Waals surface area (Å²) in [4.78, 5) is 23.2. The second-order valence-corrected chi connectivity index (χ2v) is 4.71. The predicted molar refractivity (Wildman–Crippen MR) is 63.2 cm³/mol. The van der Waals surface area contributed by atoms with Gasteiger partial charge in [0.1, 0.15) is 0 Å². The van der Waals surface area contributed by atoms with E-state index >= 15 is 0 Å². The van der Waals surface area contributed by atoms with E-state index in [-0.39, 0.29) is 17.7 Å². The number of carboxylic acid groups (broad SMARTS) is 1. The number of carbonyl (C=O) groups is 2. The molecule has 0 radical (unpaired) electrons. The van der Waals surface area contributed by atoms with Crippen molar-refractivity contribution in [3.05, 3.63) is 24.8 Å². The Morgan fingerprint density at radius 1 is 1.35 bits per heavy atom. The van der Waals surface area contributed by atoms with Crippen molar-refractivity contribution in [2.45, 2.75) is 12.8 Å². The third kappa shape index (κ3) is 2.12. The molecule has 1 fully saturated rings. The lowest BCUT2D eigenvalue weighted by Crippen LogP contribution is -2.40. The summed E-state index contributed by atoms with van der Waals surface area (Å²) in [7, 11) is 0. The van der Waals surface area contributed by atoms with E-state index in [1.54, 1.807) is 6.08 Å². The van der Waals surface area contributed by atoms with Crippen molar-refractivity contribution in [2.24, 2.45) is 23.7 Å². The number of hydrogen-bond acceptors (Lipinski definition) is 2. The van der Waals surface area contributed by atoms with E-state index in [2.05, 4.69) is 11.9 Å². The molecule has 92 valence electrons. The number of fused-ring (bicyclic) bond motifs is 2. The third-order valence-electron chi connectivity index (χ3n) is 3.69. The van der Waals surface area contributed by atoms with Gasteiger partial charge in [-0.25, -0.2) is 0 Å². The molecule has 0 heterocycles. The summed E-state index contributed by atoms with van der Waals surface area (Å²) in [6.07, 6.45) is 7.17. The smallest absolute Gasteiger partial charge is 0.307 e. The largest absolute Gasteiger partial charge is 0.481 e. The van der Waals surface area contributed by atoms with Crippen LogP contribution < -0.4 is 5.32 Å². The van der Waals surface area contributed by atoms with Gasteiger partial charge in [0, 0.05) is 6.54 Å². The number of carbonyl (C=O) groups excluding carboxylic acids is 1. The van der Waals surface area contributed by atoms with Crippen LogP contribution in [0.1, 0.15) is 12.8 Å². The molecule has 0 spiro atoms. The standard InChI is InChI=1S/C13H17NO3/c1-2-3-6-14-12(15)10-8-4-5-9(7-8)11(10)13(16)17/h2,4-5,8-11H,1,3,6-7H2,(H,14,15)(H,16,17). The number of allylic oxidation sites excluding steroid dienone is 2. The highest BCUT2D eigenvalue weighted by Crippen LogP contribution is 2.48. The Labute approximate surface area is 100 Å². The van der Waals surface area contributed by atoms with E-state index in [1.807, 2.05) is 12.2 Å². The molecular weight excluding hydrogens is 218 g/mol. The molecule has 1 amide bonds. The molecule has 4 heteroatoms. The predicted octanol–water partition coefficient (Wildman–Crippen LogP) is 1.20. The van der Waals surface area contributed by atoms with E-state index in [0.717, 1.165) is 6.42 Å². The van der Waals surface area contributed by atoms with Crippen LogP contribution in [0.3, 0.4) is 0 Å². The lowest BCUT2D eigenvalue weighted by Gasteiger charge is -2.23. The van der Waals surface area contributed by atoms with Crippen molar-refractivity contribution in [2.75, 3.05) is 6.54 Å². The Bertz CT molecular complexity index is 375. The molecule has 0 aromatic heterocycles. The molecule has 0 aliphatic heterocycles. The highest BCUT2D eigenvalue weighted by atomic mass is 16.4. The quantitative estimate of drug-likeness (QED) is 0.556. The van der Waals surface area contributed by atoms with Crippen molar-refractivity contribution in [1.29, 1.82) is 0 Å². The lowest BCUT2D eigenvalue weighted by molar-refractivity contribution is -0.147. The fourth-order valence-electron chi connectivity index (χ4n) is 2.93. The summed E-state index contributed by atoms with van der Waals surface area (Å²) in [5, 5.41) is 12.0. The summed E-state index contributed by atoms with van der Waals surface area (Å²) < 4.78 is 0. The molecule has 2 aliphatic carbocycles. The van der Waals surface area contributed by atoms with Gasteiger partial charge in [0.2, 0.25) is 5.91 Å². The van der Waals surface area contributed by atoms with Gasteiger partial charge < -0.3 is 10.4 Å². The molecule has 17 heavy (non-hydrogen) atoms. The van der Waals surface area contributed by atoms with Crippen molar-refractivity contribution < 1.29 is 14.7 Å². The number of rotatable bonds is 5. The number of nitrogens with one attached hydrogen (secondary N) is 1. The zero-order chi connectivity index (χ0) is 12.4. The van der Waals surface area contributed by atoms with E-state index < -0.39 is 17.8 Å². The molecule has 4 nitrogen and oxygen atoms in total. The Hall–Kier alpha value is -1.58. The van der Waals surface area contributed by atoms with Crippen LogP contribution >= 0.6 is 0 Å². The molecule has 0 saturated heterocycles. The van der Waals surface area contributed by atoms with Gasteiger partial charge in [-0.3, -0.25) is 9.59 Å². The maximum Gasteiger partial charge on any atom is 0.307 e. The minimum atomic E-state index is -0.856. The Kier molecular flexibility index (Phi) is 3.31. The minimum absolute atomic E-state index is 0.0349. The Balaban J connectivity index is 2.03.